The molecule has 2 unspecified atom stereocenters. The summed E-state index contributed by atoms with van der Waals surface area (Å²) < 4.78 is 10.9. The Labute approximate surface area is 138 Å². The van der Waals surface area contributed by atoms with E-state index in [1.165, 1.54) is 36.6 Å². The van der Waals surface area contributed by atoms with Crippen LogP contribution in [0.15, 0.2) is 18.2 Å². The van der Waals surface area contributed by atoms with Gasteiger partial charge in [-0.2, -0.15) is 0 Å². The number of hydrogen-bond acceptors (Lipinski definition) is 4. The Hall–Kier alpha value is -1.39. The predicted octanol–water partition coefficient (Wildman–Crippen LogP) is 2.48. The Bertz CT molecular complexity index is 552. The number of piperidine rings is 1. The summed E-state index contributed by atoms with van der Waals surface area (Å²) in [5, 5.41) is 3.42. The van der Waals surface area contributed by atoms with Crippen LogP contribution >= 0.6 is 0 Å². The van der Waals surface area contributed by atoms with Gasteiger partial charge in [0.2, 0.25) is 0 Å². The molecule has 23 heavy (non-hydrogen) atoms. The summed E-state index contributed by atoms with van der Waals surface area (Å²) in [4.78, 5) is 11.6. The quantitative estimate of drug-likeness (QED) is 0.867. The third kappa shape index (κ3) is 3.93. The van der Waals surface area contributed by atoms with Crippen molar-refractivity contribution in [2.45, 2.75) is 45.3 Å². The number of nitrogens with one attached hydrogen (secondary N) is 1. The lowest BCUT2D eigenvalue weighted by atomic mass is 9.85. The van der Waals surface area contributed by atoms with Gasteiger partial charge in [0.1, 0.15) is 0 Å². The molecule has 2 aliphatic heterocycles. The highest BCUT2D eigenvalue weighted by Gasteiger charge is 2.28. The molecular weight excluding hydrogens is 290 g/mol. The van der Waals surface area contributed by atoms with Gasteiger partial charge >= 0.3 is 5.97 Å². The van der Waals surface area contributed by atoms with Crippen molar-refractivity contribution in [1.82, 2.24) is 5.32 Å². The summed E-state index contributed by atoms with van der Waals surface area (Å²) in [6, 6.07) is 6.55. The molecule has 2 atom stereocenters. The van der Waals surface area contributed by atoms with Gasteiger partial charge in [0.15, 0.2) is 0 Å². The van der Waals surface area contributed by atoms with Gasteiger partial charge in [0.25, 0.3) is 0 Å². The lowest BCUT2D eigenvalue weighted by Gasteiger charge is -2.34. The first kappa shape index (κ1) is 16.5. The molecule has 1 aromatic carbocycles. The minimum absolute atomic E-state index is 0.0990. The van der Waals surface area contributed by atoms with Crippen LogP contribution in [0.25, 0.3) is 0 Å². The molecule has 126 valence electrons. The number of rotatable bonds is 4. The van der Waals surface area contributed by atoms with Crippen LogP contribution in [-0.2, 0) is 33.7 Å². The molecule has 0 aliphatic carbocycles. The molecule has 0 radical (unpaired) electrons. The molecule has 0 saturated carbocycles. The first-order valence-electron chi connectivity index (χ1n) is 8.68. The topological polar surface area (TPSA) is 47.6 Å². The van der Waals surface area contributed by atoms with Crippen molar-refractivity contribution in [3.63, 3.8) is 0 Å². The van der Waals surface area contributed by atoms with Crippen molar-refractivity contribution in [3.8, 4) is 0 Å². The molecule has 0 aromatic heterocycles. The first-order valence-corrected chi connectivity index (χ1v) is 8.68. The van der Waals surface area contributed by atoms with Crippen LogP contribution in [0.5, 0.6) is 0 Å². The van der Waals surface area contributed by atoms with Gasteiger partial charge in [0.05, 0.1) is 25.7 Å². The minimum atomic E-state index is -0.140. The maximum atomic E-state index is 11.6. The maximum absolute atomic E-state index is 11.6. The number of esters is 1. The molecule has 0 bridgehead atoms. The monoisotopic (exact) mass is 317 g/mol. The summed E-state index contributed by atoms with van der Waals surface area (Å²) >= 11 is 0. The molecule has 2 aliphatic rings. The smallest absolute Gasteiger partial charge is 0.308 e. The maximum Gasteiger partial charge on any atom is 0.308 e. The molecule has 2 heterocycles. The summed E-state index contributed by atoms with van der Waals surface area (Å²) in [7, 11) is 1.45. The van der Waals surface area contributed by atoms with E-state index in [9.17, 15) is 4.79 Å². The van der Waals surface area contributed by atoms with Crippen LogP contribution in [0.1, 0.15) is 36.5 Å². The van der Waals surface area contributed by atoms with Crippen molar-refractivity contribution in [1.29, 1.82) is 0 Å². The fraction of sp³-hybridized carbons (Fsp3) is 0.632. The van der Waals surface area contributed by atoms with Crippen LogP contribution < -0.4 is 5.32 Å². The number of carbonyl (C=O) groups excluding carboxylic acids is 1. The van der Waals surface area contributed by atoms with Gasteiger partial charge < -0.3 is 14.8 Å². The van der Waals surface area contributed by atoms with Gasteiger partial charge in [0, 0.05) is 0 Å². The van der Waals surface area contributed by atoms with Gasteiger partial charge in [-0.3, -0.25) is 4.79 Å². The Morgan fingerprint density at radius 2 is 2.13 bits per heavy atom. The van der Waals surface area contributed by atoms with Gasteiger partial charge in [-0.1, -0.05) is 25.1 Å². The average Bonchev–Trinajstić information content (AvgIpc) is 2.61. The molecule has 4 heteroatoms. The number of ether oxygens (including phenoxy) is 2. The zero-order valence-electron chi connectivity index (χ0n) is 14.1. The number of carbonyl (C=O) groups is 1. The number of benzene rings is 1. The molecule has 0 spiro atoms. The van der Waals surface area contributed by atoms with E-state index in [1.807, 2.05) is 6.92 Å². The van der Waals surface area contributed by atoms with Gasteiger partial charge in [-0.25, -0.2) is 0 Å². The Morgan fingerprint density at radius 1 is 1.35 bits per heavy atom. The highest BCUT2D eigenvalue weighted by Crippen LogP contribution is 2.29. The van der Waals surface area contributed by atoms with Crippen LogP contribution in [0.2, 0.25) is 0 Å². The molecule has 4 nitrogen and oxygen atoms in total. The normalized spacial score (nSPS) is 23.1. The van der Waals surface area contributed by atoms with Crippen LogP contribution in [0.4, 0.5) is 0 Å². The van der Waals surface area contributed by atoms with E-state index in [0.29, 0.717) is 12.0 Å². The highest BCUT2D eigenvalue weighted by molar-refractivity contribution is 5.72. The lowest BCUT2D eigenvalue weighted by molar-refractivity contribution is -0.144. The second-order valence-corrected chi connectivity index (χ2v) is 6.87. The second kappa shape index (κ2) is 7.45. The number of methoxy groups -OCH3 is 1. The van der Waals surface area contributed by atoms with Gasteiger partial charge in [-0.15, -0.1) is 0 Å². The average molecular weight is 317 g/mol. The van der Waals surface area contributed by atoms with E-state index >= 15 is 0 Å². The fourth-order valence-electron chi connectivity index (χ4n) is 3.77. The fourth-order valence-corrected chi connectivity index (χ4v) is 3.77. The van der Waals surface area contributed by atoms with E-state index in [4.69, 9.17) is 9.47 Å². The largest absolute Gasteiger partial charge is 0.469 e. The zero-order chi connectivity index (χ0) is 16.2. The van der Waals surface area contributed by atoms with Crippen molar-refractivity contribution >= 4 is 5.97 Å². The summed E-state index contributed by atoms with van der Waals surface area (Å²) in [5.41, 5.74) is 3.91. The first-order chi connectivity index (χ1) is 11.2. The third-order valence-electron chi connectivity index (χ3n) is 5.20. The number of hydrogen-bond donors (Lipinski definition) is 1. The molecule has 0 amide bonds. The van der Waals surface area contributed by atoms with Crippen molar-refractivity contribution in [3.05, 3.63) is 34.9 Å². The second-order valence-electron chi connectivity index (χ2n) is 6.87. The lowest BCUT2D eigenvalue weighted by Crippen LogP contribution is -2.38. The van der Waals surface area contributed by atoms with E-state index in [-0.39, 0.29) is 11.9 Å². The van der Waals surface area contributed by atoms with Crippen LogP contribution in [-0.4, -0.2) is 32.3 Å². The van der Waals surface area contributed by atoms with E-state index < -0.39 is 0 Å². The van der Waals surface area contributed by atoms with Crippen molar-refractivity contribution < 1.29 is 14.3 Å². The number of fused-ring (bicyclic) bond motifs is 1. The van der Waals surface area contributed by atoms with E-state index in [1.54, 1.807) is 0 Å². The van der Waals surface area contributed by atoms with Crippen molar-refractivity contribution in [2.24, 2.45) is 11.8 Å². The Morgan fingerprint density at radius 3 is 2.87 bits per heavy atom. The molecule has 1 aromatic rings. The van der Waals surface area contributed by atoms with Crippen molar-refractivity contribution in [2.75, 3.05) is 20.2 Å². The molecule has 1 fully saturated rings. The highest BCUT2D eigenvalue weighted by atomic mass is 16.5. The zero-order valence-corrected chi connectivity index (χ0v) is 14.1. The predicted molar refractivity (Wildman–Crippen MR) is 89.2 cm³/mol. The standard InChI is InChI=1S/C19H27NO3/c1-13(19(21)22-2)9-14-3-4-16-12-23-18(11-17(16)10-14)15-5-7-20-8-6-15/h3-4,10,13,15,18,20H,5-9,11-12H2,1-2H3. The molecule has 1 N–H and O–H groups in total. The Kier molecular flexibility index (Phi) is 5.34. The van der Waals surface area contributed by atoms with E-state index in [2.05, 4.69) is 23.5 Å². The summed E-state index contributed by atoms with van der Waals surface area (Å²) in [6.45, 7) is 4.85. The third-order valence-corrected chi connectivity index (χ3v) is 5.20. The Balaban J connectivity index is 1.68. The SMILES string of the molecule is COC(=O)C(C)Cc1ccc2c(c1)CC(C1CCNCC1)OC2. The molecule has 1 saturated heterocycles. The van der Waals surface area contributed by atoms with Crippen LogP contribution in [0, 0.1) is 11.8 Å². The summed E-state index contributed by atoms with van der Waals surface area (Å²) in [5.74, 6) is 0.429. The van der Waals surface area contributed by atoms with Crippen LogP contribution in [0.3, 0.4) is 0 Å². The van der Waals surface area contributed by atoms with E-state index in [0.717, 1.165) is 32.5 Å². The summed E-state index contributed by atoms with van der Waals surface area (Å²) in [6.07, 6.45) is 4.50. The minimum Gasteiger partial charge on any atom is -0.469 e. The van der Waals surface area contributed by atoms with Gasteiger partial charge in [-0.05, 0) is 61.4 Å². The molecular formula is C19H27NO3. The molecule has 3 rings (SSSR count).